The van der Waals surface area contributed by atoms with Gasteiger partial charge >= 0.3 is 0 Å². The zero-order valence-corrected chi connectivity index (χ0v) is 13.2. The van der Waals surface area contributed by atoms with Gasteiger partial charge in [0.25, 0.3) is 5.91 Å². The van der Waals surface area contributed by atoms with Crippen LogP contribution in [0.5, 0.6) is 11.5 Å². The van der Waals surface area contributed by atoms with E-state index in [0.717, 1.165) is 5.56 Å². The third-order valence-electron chi connectivity index (χ3n) is 3.04. The Morgan fingerprint density at radius 1 is 1.32 bits per heavy atom. The minimum Gasteiger partial charge on any atom is -0.493 e. The van der Waals surface area contributed by atoms with E-state index < -0.39 is 0 Å². The van der Waals surface area contributed by atoms with Crippen molar-refractivity contribution in [3.05, 3.63) is 47.4 Å². The number of para-hydroxylation sites is 1. The number of nitrogens with one attached hydrogen (secondary N) is 1. The fraction of sp³-hybridized carbons (Fsp3) is 0.267. The largest absolute Gasteiger partial charge is 0.493 e. The molecule has 0 saturated carbocycles. The molecule has 1 aromatic heterocycles. The van der Waals surface area contributed by atoms with Gasteiger partial charge in [-0.15, -0.1) is 12.4 Å². The summed E-state index contributed by atoms with van der Waals surface area (Å²) in [5.41, 5.74) is 6.71. The smallest absolute Gasteiger partial charge is 0.254 e. The lowest BCUT2D eigenvalue weighted by Crippen LogP contribution is -2.22. The molecule has 2 rings (SSSR count). The van der Waals surface area contributed by atoms with Crippen molar-refractivity contribution in [1.82, 2.24) is 5.32 Å². The molecule has 1 aromatic carbocycles. The Bertz CT molecular complexity index is 628. The van der Waals surface area contributed by atoms with Crippen molar-refractivity contribution in [2.45, 2.75) is 13.1 Å². The first-order valence-electron chi connectivity index (χ1n) is 6.45. The van der Waals surface area contributed by atoms with Crippen LogP contribution >= 0.6 is 12.4 Å². The Morgan fingerprint density at radius 2 is 2.09 bits per heavy atom. The maximum absolute atomic E-state index is 12.0. The molecule has 7 heteroatoms. The van der Waals surface area contributed by atoms with Crippen LogP contribution in [-0.4, -0.2) is 20.1 Å². The van der Waals surface area contributed by atoms with E-state index in [-0.39, 0.29) is 24.9 Å². The lowest BCUT2D eigenvalue weighted by Gasteiger charge is -2.12. The van der Waals surface area contributed by atoms with E-state index in [9.17, 15) is 4.79 Å². The van der Waals surface area contributed by atoms with E-state index >= 15 is 0 Å². The number of carbonyl (C=O) groups excluding carboxylic acids is 1. The highest BCUT2D eigenvalue weighted by atomic mass is 35.5. The molecule has 3 N–H and O–H groups in total. The quantitative estimate of drug-likeness (QED) is 0.849. The lowest BCUT2D eigenvalue weighted by molar-refractivity contribution is 0.0950. The first-order chi connectivity index (χ1) is 10.2. The van der Waals surface area contributed by atoms with Crippen molar-refractivity contribution in [2.24, 2.45) is 5.73 Å². The van der Waals surface area contributed by atoms with Gasteiger partial charge in [0, 0.05) is 12.1 Å². The number of halogens is 1. The molecular formula is C15H19ClN2O4. The average Bonchev–Trinajstić information content (AvgIpc) is 3.01. The summed E-state index contributed by atoms with van der Waals surface area (Å²) in [6.07, 6.45) is 1.39. The van der Waals surface area contributed by atoms with Gasteiger partial charge in [0.05, 0.1) is 26.3 Å². The van der Waals surface area contributed by atoms with Crippen molar-refractivity contribution >= 4 is 18.3 Å². The molecule has 0 radical (unpaired) electrons. The first kappa shape index (κ1) is 17.9. The van der Waals surface area contributed by atoms with Crippen LogP contribution < -0.4 is 20.5 Å². The number of amides is 1. The fourth-order valence-corrected chi connectivity index (χ4v) is 1.98. The second-order valence-corrected chi connectivity index (χ2v) is 4.34. The van der Waals surface area contributed by atoms with Crippen molar-refractivity contribution < 1.29 is 18.7 Å². The van der Waals surface area contributed by atoms with E-state index in [0.29, 0.717) is 29.4 Å². The van der Waals surface area contributed by atoms with Crippen LogP contribution in [0.4, 0.5) is 0 Å². The average molecular weight is 327 g/mol. The van der Waals surface area contributed by atoms with Crippen LogP contribution in [0.25, 0.3) is 0 Å². The second-order valence-electron chi connectivity index (χ2n) is 4.34. The van der Waals surface area contributed by atoms with Crippen LogP contribution in [0, 0.1) is 0 Å². The number of carbonyl (C=O) groups is 1. The number of hydrogen-bond acceptors (Lipinski definition) is 5. The van der Waals surface area contributed by atoms with Crippen molar-refractivity contribution in [3.8, 4) is 11.5 Å². The third kappa shape index (κ3) is 3.93. The van der Waals surface area contributed by atoms with Crippen LogP contribution in [-0.2, 0) is 13.1 Å². The zero-order chi connectivity index (χ0) is 15.2. The Balaban J connectivity index is 0.00000242. The highest BCUT2D eigenvalue weighted by molar-refractivity contribution is 5.93. The molecule has 22 heavy (non-hydrogen) atoms. The fourth-order valence-electron chi connectivity index (χ4n) is 1.98. The van der Waals surface area contributed by atoms with Gasteiger partial charge in [-0.05, 0) is 12.1 Å². The summed E-state index contributed by atoms with van der Waals surface area (Å²) in [7, 11) is 3.13. The van der Waals surface area contributed by atoms with E-state index in [1.54, 1.807) is 26.4 Å². The summed E-state index contributed by atoms with van der Waals surface area (Å²) in [5, 5.41) is 2.80. The summed E-state index contributed by atoms with van der Waals surface area (Å²) in [4.78, 5) is 12.0. The molecule has 0 aliphatic carbocycles. The number of ether oxygens (including phenoxy) is 2. The molecule has 0 aliphatic heterocycles. The highest BCUT2D eigenvalue weighted by Crippen LogP contribution is 2.30. The summed E-state index contributed by atoms with van der Waals surface area (Å²) in [5.74, 6) is 1.57. The van der Waals surface area contributed by atoms with Gasteiger partial charge in [0.2, 0.25) is 0 Å². The SMILES string of the molecule is COc1cccc(CNC(=O)c2coc(CN)c2)c1OC.Cl. The molecule has 1 heterocycles. The molecule has 0 aliphatic rings. The Kier molecular flexibility index (Phi) is 6.75. The number of rotatable bonds is 6. The summed E-state index contributed by atoms with van der Waals surface area (Å²) >= 11 is 0. The van der Waals surface area contributed by atoms with E-state index in [1.807, 2.05) is 12.1 Å². The van der Waals surface area contributed by atoms with Gasteiger partial charge in [0.1, 0.15) is 12.0 Å². The molecule has 2 aromatic rings. The van der Waals surface area contributed by atoms with Gasteiger partial charge < -0.3 is 24.9 Å². The number of hydrogen-bond donors (Lipinski definition) is 2. The minimum atomic E-state index is -0.233. The molecule has 6 nitrogen and oxygen atoms in total. The normalized spacial score (nSPS) is 9.77. The predicted octanol–water partition coefficient (Wildman–Crippen LogP) is 2.11. The molecule has 0 saturated heterocycles. The number of nitrogens with two attached hydrogens (primary N) is 1. The Morgan fingerprint density at radius 3 is 2.68 bits per heavy atom. The monoisotopic (exact) mass is 326 g/mol. The van der Waals surface area contributed by atoms with Crippen molar-refractivity contribution in [1.29, 1.82) is 0 Å². The number of methoxy groups -OCH3 is 2. The van der Waals surface area contributed by atoms with Gasteiger partial charge in [0.15, 0.2) is 11.5 Å². The predicted molar refractivity (Wildman–Crippen MR) is 84.6 cm³/mol. The third-order valence-corrected chi connectivity index (χ3v) is 3.04. The highest BCUT2D eigenvalue weighted by Gasteiger charge is 2.13. The topological polar surface area (TPSA) is 86.7 Å². The first-order valence-corrected chi connectivity index (χ1v) is 6.45. The second kappa shape index (κ2) is 8.31. The molecule has 0 unspecified atom stereocenters. The van der Waals surface area contributed by atoms with Crippen molar-refractivity contribution in [2.75, 3.05) is 14.2 Å². The van der Waals surface area contributed by atoms with E-state index in [1.165, 1.54) is 6.26 Å². The lowest BCUT2D eigenvalue weighted by atomic mass is 10.1. The zero-order valence-electron chi connectivity index (χ0n) is 12.4. The summed E-state index contributed by atoms with van der Waals surface area (Å²) < 4.78 is 15.7. The minimum absolute atomic E-state index is 0. The van der Waals surface area contributed by atoms with E-state index in [4.69, 9.17) is 19.6 Å². The molecule has 120 valence electrons. The Hall–Kier alpha value is -2.18. The maximum Gasteiger partial charge on any atom is 0.254 e. The van der Waals surface area contributed by atoms with E-state index in [2.05, 4.69) is 5.32 Å². The maximum atomic E-state index is 12.0. The molecule has 0 spiro atoms. The number of benzene rings is 1. The van der Waals surface area contributed by atoms with Gasteiger partial charge in [-0.2, -0.15) is 0 Å². The molecule has 0 atom stereocenters. The van der Waals surface area contributed by atoms with Crippen LogP contribution in [0.15, 0.2) is 34.9 Å². The molecule has 0 bridgehead atoms. The Labute approximate surface area is 135 Å². The molecule has 0 fully saturated rings. The van der Waals surface area contributed by atoms with Crippen molar-refractivity contribution in [3.63, 3.8) is 0 Å². The molecular weight excluding hydrogens is 308 g/mol. The number of furan rings is 1. The van der Waals surface area contributed by atoms with Gasteiger partial charge in [-0.3, -0.25) is 4.79 Å². The molecule has 1 amide bonds. The van der Waals surface area contributed by atoms with Crippen LogP contribution in [0.1, 0.15) is 21.7 Å². The summed E-state index contributed by atoms with van der Waals surface area (Å²) in [6, 6.07) is 7.13. The summed E-state index contributed by atoms with van der Waals surface area (Å²) in [6.45, 7) is 0.583. The van der Waals surface area contributed by atoms with Gasteiger partial charge in [-0.1, -0.05) is 12.1 Å². The van der Waals surface area contributed by atoms with Crippen LogP contribution in [0.2, 0.25) is 0 Å². The standard InChI is InChI=1S/C15H18N2O4.ClH/c1-19-13-5-3-4-10(14(13)20-2)8-17-15(18)11-6-12(7-16)21-9-11;/h3-6,9H,7-8,16H2,1-2H3,(H,17,18);1H. The van der Waals surface area contributed by atoms with Gasteiger partial charge in [-0.25, -0.2) is 0 Å². The van der Waals surface area contributed by atoms with Crippen LogP contribution in [0.3, 0.4) is 0 Å².